The van der Waals surface area contributed by atoms with Crippen LogP contribution < -0.4 is 15.4 Å². The number of carbonyl (C=O) groups excluding carboxylic acids is 2. The molecule has 0 unspecified atom stereocenters. The number of oxazole rings is 1. The van der Waals surface area contributed by atoms with Crippen molar-refractivity contribution >= 4 is 17.6 Å². The molecular formula is C28H35N7O6. The first kappa shape index (κ1) is 28.5. The van der Waals surface area contributed by atoms with Crippen LogP contribution in [0.2, 0.25) is 0 Å². The number of nitrogens with zero attached hydrogens (tertiary/aromatic N) is 5. The number of benzene rings is 1. The maximum Gasteiger partial charge on any atom is 0.270 e. The molecule has 0 radical (unpaired) electrons. The van der Waals surface area contributed by atoms with Crippen molar-refractivity contribution < 1.29 is 28.6 Å². The average Bonchev–Trinajstić information content (AvgIpc) is 3.47. The van der Waals surface area contributed by atoms with Gasteiger partial charge in [0.2, 0.25) is 5.91 Å². The van der Waals surface area contributed by atoms with E-state index in [0.717, 1.165) is 24.3 Å². The van der Waals surface area contributed by atoms with Crippen LogP contribution in [0.4, 0.5) is 5.82 Å². The third-order valence-electron chi connectivity index (χ3n) is 7.29. The molecule has 41 heavy (non-hydrogen) atoms. The number of aliphatic hydroxyl groups is 1. The Bertz CT molecular complexity index is 1350. The van der Waals surface area contributed by atoms with Crippen molar-refractivity contribution in [2.24, 2.45) is 0 Å². The molecule has 2 aromatic heterocycles. The molecule has 13 heteroatoms. The molecule has 2 amide bonds. The van der Waals surface area contributed by atoms with Gasteiger partial charge in [-0.25, -0.2) is 15.0 Å². The summed E-state index contributed by atoms with van der Waals surface area (Å²) in [6, 6.07) is 5.64. The van der Waals surface area contributed by atoms with Gasteiger partial charge in [0.1, 0.15) is 36.8 Å². The molecule has 1 atom stereocenters. The fourth-order valence-corrected chi connectivity index (χ4v) is 5.07. The first-order valence-corrected chi connectivity index (χ1v) is 13.5. The second-order valence-electron chi connectivity index (χ2n) is 10.3. The Morgan fingerprint density at radius 1 is 1.27 bits per heavy atom. The van der Waals surface area contributed by atoms with Gasteiger partial charge in [0.05, 0.1) is 18.3 Å². The summed E-state index contributed by atoms with van der Waals surface area (Å²) in [5.74, 6) is 1.55. The molecule has 13 nitrogen and oxygen atoms in total. The van der Waals surface area contributed by atoms with Crippen LogP contribution in [0.15, 0.2) is 41.5 Å². The minimum absolute atomic E-state index is 0.0419. The minimum Gasteiger partial charge on any atom is -0.485 e. The lowest BCUT2D eigenvalue weighted by molar-refractivity contribution is -0.139. The van der Waals surface area contributed by atoms with Crippen molar-refractivity contribution in [3.8, 4) is 5.75 Å². The molecule has 1 aromatic carbocycles. The number of likely N-dealkylation sites (tertiary alicyclic amines) is 1. The van der Waals surface area contributed by atoms with Crippen LogP contribution in [0, 0.1) is 6.92 Å². The molecule has 0 aliphatic carbocycles. The lowest BCUT2D eigenvalue weighted by Gasteiger charge is -2.39. The van der Waals surface area contributed by atoms with E-state index < -0.39 is 12.0 Å². The molecule has 218 valence electrons. The number of hydrogen-bond acceptors (Lipinski definition) is 11. The number of carbonyl (C=O) groups is 2. The topological polar surface area (TPSA) is 155 Å². The van der Waals surface area contributed by atoms with Gasteiger partial charge < -0.3 is 34.5 Å². The standard InChI is InChI=1S/C28H35N7O6/c1-18-23-5-6-34(10-19(23)3-4-25(18)40-14-22-9-29-17-41-22)13-21(36)8-30-28(38)24-7-26(32-16-31-24)33-20-11-35(12-20)27(37)15-39-2/h3-4,7,9,16-17,20-21,36H,5-6,8,10-15H2,1-2H3,(H,30,38)(H,31,32,33)/t21-/m0/s1. The smallest absolute Gasteiger partial charge is 0.270 e. The molecule has 3 aromatic rings. The lowest BCUT2D eigenvalue weighted by Crippen LogP contribution is -2.57. The van der Waals surface area contributed by atoms with E-state index in [-0.39, 0.29) is 30.8 Å². The molecule has 2 aliphatic rings. The summed E-state index contributed by atoms with van der Waals surface area (Å²) >= 11 is 0. The Morgan fingerprint density at radius 2 is 2.12 bits per heavy atom. The number of fused-ring (bicyclic) bond motifs is 1. The van der Waals surface area contributed by atoms with Gasteiger partial charge in [-0.05, 0) is 36.1 Å². The SMILES string of the molecule is COCC(=O)N1CC(Nc2cc(C(=O)NC[C@H](O)CN3CCc4c(ccc(OCc5cnco5)c4C)C3)ncn2)C1. The molecule has 3 N–H and O–H groups in total. The van der Waals surface area contributed by atoms with Gasteiger partial charge in [-0.15, -0.1) is 0 Å². The maximum absolute atomic E-state index is 12.7. The van der Waals surface area contributed by atoms with Crippen LogP contribution in [0.25, 0.3) is 0 Å². The summed E-state index contributed by atoms with van der Waals surface area (Å²) in [7, 11) is 1.49. The predicted octanol–water partition coefficient (Wildman–Crippen LogP) is 0.770. The Balaban J connectivity index is 1.06. The van der Waals surface area contributed by atoms with Gasteiger partial charge in [-0.1, -0.05) is 6.07 Å². The van der Waals surface area contributed by atoms with E-state index in [1.165, 1.54) is 31.0 Å². The minimum atomic E-state index is -0.740. The molecule has 0 bridgehead atoms. The van der Waals surface area contributed by atoms with Gasteiger partial charge in [-0.3, -0.25) is 14.5 Å². The average molecular weight is 566 g/mol. The number of aromatic nitrogens is 3. The van der Waals surface area contributed by atoms with Gasteiger partial charge in [0, 0.05) is 52.4 Å². The Hall–Kier alpha value is -4.07. The van der Waals surface area contributed by atoms with E-state index in [1.54, 1.807) is 17.2 Å². The second kappa shape index (κ2) is 13.1. The monoisotopic (exact) mass is 565 g/mol. The van der Waals surface area contributed by atoms with Crippen LogP contribution >= 0.6 is 0 Å². The number of ether oxygens (including phenoxy) is 2. The van der Waals surface area contributed by atoms with Gasteiger partial charge >= 0.3 is 0 Å². The van der Waals surface area contributed by atoms with Gasteiger partial charge in [0.25, 0.3) is 5.91 Å². The van der Waals surface area contributed by atoms with Crippen molar-refractivity contribution in [1.29, 1.82) is 0 Å². The van der Waals surface area contributed by atoms with Crippen LogP contribution in [-0.4, -0.2) is 100 Å². The zero-order valence-corrected chi connectivity index (χ0v) is 23.2. The largest absolute Gasteiger partial charge is 0.485 e. The fraction of sp³-hybridized carbons (Fsp3) is 0.464. The molecule has 4 heterocycles. The number of aliphatic hydroxyl groups excluding tert-OH is 1. The number of nitrogens with one attached hydrogen (secondary N) is 2. The molecule has 1 fully saturated rings. The van der Waals surface area contributed by atoms with E-state index in [2.05, 4.69) is 43.5 Å². The van der Waals surface area contributed by atoms with Crippen molar-refractivity contribution in [2.75, 3.05) is 51.8 Å². The summed E-state index contributed by atoms with van der Waals surface area (Å²) in [6.45, 7) is 5.56. The van der Waals surface area contributed by atoms with Gasteiger partial charge in [-0.2, -0.15) is 0 Å². The highest BCUT2D eigenvalue weighted by Gasteiger charge is 2.30. The third kappa shape index (κ3) is 7.17. The first-order valence-electron chi connectivity index (χ1n) is 13.5. The quantitative estimate of drug-likeness (QED) is 0.285. The fourth-order valence-electron chi connectivity index (χ4n) is 5.07. The van der Waals surface area contributed by atoms with E-state index in [1.807, 2.05) is 6.07 Å². The predicted molar refractivity (Wildman–Crippen MR) is 147 cm³/mol. The highest BCUT2D eigenvalue weighted by atomic mass is 16.5. The highest BCUT2D eigenvalue weighted by Crippen LogP contribution is 2.30. The summed E-state index contributed by atoms with van der Waals surface area (Å²) in [4.78, 5) is 40.5. The van der Waals surface area contributed by atoms with E-state index >= 15 is 0 Å². The first-order chi connectivity index (χ1) is 19.9. The van der Waals surface area contributed by atoms with E-state index in [9.17, 15) is 14.7 Å². The molecule has 1 saturated heterocycles. The highest BCUT2D eigenvalue weighted by molar-refractivity contribution is 5.92. The Kier molecular flexibility index (Phi) is 9.07. The number of rotatable bonds is 12. The number of hydrogen-bond donors (Lipinski definition) is 3. The van der Waals surface area contributed by atoms with Crippen LogP contribution in [0.3, 0.4) is 0 Å². The Labute approximate surface area is 237 Å². The van der Waals surface area contributed by atoms with E-state index in [4.69, 9.17) is 13.9 Å². The maximum atomic E-state index is 12.7. The number of β-amino-alcohol motifs (C(OH)–C–C–N with tert-alkyl or cyclic N) is 1. The van der Waals surface area contributed by atoms with Crippen LogP contribution in [0.1, 0.15) is 32.9 Å². The zero-order valence-electron chi connectivity index (χ0n) is 23.2. The lowest BCUT2D eigenvalue weighted by atomic mass is 9.94. The van der Waals surface area contributed by atoms with Crippen LogP contribution in [-0.2, 0) is 29.1 Å². The van der Waals surface area contributed by atoms with Crippen LogP contribution in [0.5, 0.6) is 5.75 Å². The Morgan fingerprint density at radius 3 is 2.90 bits per heavy atom. The second-order valence-corrected chi connectivity index (χ2v) is 10.3. The van der Waals surface area contributed by atoms with Crippen molar-refractivity contribution in [3.05, 3.63) is 65.3 Å². The van der Waals surface area contributed by atoms with Crippen molar-refractivity contribution in [3.63, 3.8) is 0 Å². The normalized spacial score (nSPS) is 16.0. The van der Waals surface area contributed by atoms with Crippen molar-refractivity contribution in [2.45, 2.75) is 38.6 Å². The summed E-state index contributed by atoms with van der Waals surface area (Å²) in [5.41, 5.74) is 3.78. The molecule has 0 saturated carbocycles. The molecule has 0 spiro atoms. The molecule has 5 rings (SSSR count). The van der Waals surface area contributed by atoms with E-state index in [0.29, 0.717) is 44.4 Å². The number of methoxy groups -OCH3 is 1. The van der Waals surface area contributed by atoms with Crippen molar-refractivity contribution in [1.82, 2.24) is 30.1 Å². The van der Waals surface area contributed by atoms with Gasteiger partial charge in [0.15, 0.2) is 12.2 Å². The molecule has 2 aliphatic heterocycles. The zero-order chi connectivity index (χ0) is 28.8. The number of anilines is 1. The summed E-state index contributed by atoms with van der Waals surface area (Å²) < 4.78 is 16.0. The third-order valence-corrected chi connectivity index (χ3v) is 7.29. The summed E-state index contributed by atoms with van der Waals surface area (Å²) in [6.07, 6.45) is 4.45. The number of amides is 2. The molecular weight excluding hydrogens is 530 g/mol. The summed E-state index contributed by atoms with van der Waals surface area (Å²) in [5, 5.41) is 16.6.